The molecule has 0 saturated heterocycles. The minimum absolute atomic E-state index is 0.107. The van der Waals surface area contributed by atoms with E-state index in [0.29, 0.717) is 10.8 Å². The van der Waals surface area contributed by atoms with E-state index in [1.165, 1.54) is 34.2 Å². The second kappa shape index (κ2) is 5.06. The van der Waals surface area contributed by atoms with Crippen LogP contribution in [-0.2, 0) is 0 Å². The fraction of sp³-hybridized carbons (Fsp3) is 0. The van der Waals surface area contributed by atoms with Gasteiger partial charge in [-0.05, 0) is 30.3 Å². The van der Waals surface area contributed by atoms with Crippen molar-refractivity contribution in [2.45, 2.75) is 0 Å². The predicted octanol–water partition coefficient (Wildman–Crippen LogP) is 3.29. The van der Waals surface area contributed by atoms with E-state index in [4.69, 9.17) is 0 Å². The van der Waals surface area contributed by atoms with Crippen molar-refractivity contribution in [2.75, 3.05) is 0 Å². The molecular formula is C16H10FN3O2S. The van der Waals surface area contributed by atoms with Crippen LogP contribution in [0.15, 0.2) is 53.3 Å². The summed E-state index contributed by atoms with van der Waals surface area (Å²) in [7, 11) is 0. The third-order valence-electron chi connectivity index (χ3n) is 3.44. The topological polar surface area (TPSA) is 70.9 Å². The summed E-state index contributed by atoms with van der Waals surface area (Å²) in [5.74, 6) is -0.601. The molecule has 0 amide bonds. The number of H-pyrrole nitrogens is 1. The molecule has 2 aromatic carbocycles. The maximum Gasteiger partial charge on any atom is 0.273 e. The molecule has 23 heavy (non-hydrogen) atoms. The Hall–Kier alpha value is -2.93. The van der Waals surface area contributed by atoms with Gasteiger partial charge >= 0.3 is 0 Å². The maximum atomic E-state index is 13.4. The van der Waals surface area contributed by atoms with E-state index < -0.39 is 5.82 Å². The summed E-state index contributed by atoms with van der Waals surface area (Å²) in [5.41, 5.74) is 1.01. The first-order valence-electron chi connectivity index (χ1n) is 6.79. The van der Waals surface area contributed by atoms with E-state index in [1.807, 2.05) is 24.3 Å². The number of phenolic OH excluding ortho intramolecular Hbond substituents is 1. The van der Waals surface area contributed by atoms with Crippen molar-refractivity contribution in [3.05, 3.63) is 64.7 Å². The minimum atomic E-state index is -0.494. The number of phenols is 1. The molecule has 0 aliphatic carbocycles. The number of hydrogen-bond acceptors (Lipinski definition) is 4. The van der Waals surface area contributed by atoms with Gasteiger partial charge in [-0.15, -0.1) is 0 Å². The lowest BCUT2D eigenvalue weighted by Crippen LogP contribution is -2.12. The molecule has 0 radical (unpaired) electrons. The van der Waals surface area contributed by atoms with Crippen molar-refractivity contribution in [2.24, 2.45) is 0 Å². The first-order chi connectivity index (χ1) is 11.1. The summed E-state index contributed by atoms with van der Waals surface area (Å²) in [6.07, 6.45) is 0. The summed E-state index contributed by atoms with van der Waals surface area (Å²) in [5, 5.41) is 13.2. The van der Waals surface area contributed by atoms with Crippen LogP contribution in [-0.4, -0.2) is 19.9 Å². The largest absolute Gasteiger partial charge is 0.507 e. The number of aromatic nitrogens is 3. The Morgan fingerprint density at radius 1 is 1.17 bits per heavy atom. The molecule has 5 nitrogen and oxygen atoms in total. The Labute approximate surface area is 133 Å². The van der Waals surface area contributed by atoms with E-state index >= 15 is 0 Å². The van der Waals surface area contributed by atoms with Gasteiger partial charge in [-0.1, -0.05) is 23.5 Å². The van der Waals surface area contributed by atoms with Crippen LogP contribution in [0.5, 0.6) is 5.75 Å². The second-order valence-electron chi connectivity index (χ2n) is 4.97. The Morgan fingerprint density at radius 3 is 2.83 bits per heavy atom. The number of rotatable bonds is 2. The Kier molecular flexibility index (Phi) is 3.02. The normalized spacial score (nSPS) is 11.2. The zero-order valence-corrected chi connectivity index (χ0v) is 12.5. The minimum Gasteiger partial charge on any atom is -0.507 e. The zero-order valence-electron chi connectivity index (χ0n) is 11.7. The summed E-state index contributed by atoms with van der Waals surface area (Å²) in [4.78, 5) is 16.6. The zero-order chi connectivity index (χ0) is 16.0. The third kappa shape index (κ3) is 2.31. The summed E-state index contributed by atoms with van der Waals surface area (Å²) in [6.45, 7) is 0. The number of nitrogens with zero attached hydrogens (tertiary/aromatic N) is 2. The molecule has 4 rings (SSSR count). The van der Waals surface area contributed by atoms with Crippen LogP contribution in [0.1, 0.15) is 0 Å². The first kappa shape index (κ1) is 13.7. The van der Waals surface area contributed by atoms with E-state index in [9.17, 15) is 14.3 Å². The van der Waals surface area contributed by atoms with Crippen LogP contribution in [0.25, 0.3) is 26.6 Å². The number of hydrogen-bond donors (Lipinski definition) is 2. The third-order valence-corrected chi connectivity index (χ3v) is 4.46. The number of nitrogens with one attached hydrogen (secondary N) is 1. The van der Waals surface area contributed by atoms with Gasteiger partial charge in [0.1, 0.15) is 11.6 Å². The Bertz CT molecular complexity index is 1050. The van der Waals surface area contributed by atoms with Gasteiger partial charge in [0.15, 0.2) is 0 Å². The van der Waals surface area contributed by atoms with Gasteiger partial charge in [-0.3, -0.25) is 9.89 Å². The summed E-state index contributed by atoms with van der Waals surface area (Å²) in [6, 6.07) is 12.4. The number of aromatic amines is 1. The van der Waals surface area contributed by atoms with Crippen molar-refractivity contribution in [3.8, 4) is 22.1 Å². The number of para-hydroxylation sites is 1. The van der Waals surface area contributed by atoms with Gasteiger partial charge in [-0.2, -0.15) is 4.68 Å². The number of thiazole rings is 1. The van der Waals surface area contributed by atoms with Crippen molar-refractivity contribution in [1.82, 2.24) is 14.8 Å². The van der Waals surface area contributed by atoms with Crippen LogP contribution in [0.2, 0.25) is 0 Å². The molecule has 0 atom stereocenters. The molecule has 0 saturated carbocycles. The molecule has 4 aromatic rings. The molecule has 2 heterocycles. The van der Waals surface area contributed by atoms with Gasteiger partial charge in [0.2, 0.25) is 5.13 Å². The quantitative estimate of drug-likeness (QED) is 0.593. The number of fused-ring (bicyclic) bond motifs is 1. The predicted molar refractivity (Wildman–Crippen MR) is 86.6 cm³/mol. The van der Waals surface area contributed by atoms with Crippen LogP contribution < -0.4 is 5.56 Å². The van der Waals surface area contributed by atoms with Crippen LogP contribution in [0.4, 0.5) is 4.39 Å². The van der Waals surface area contributed by atoms with Crippen LogP contribution >= 0.6 is 11.3 Å². The molecule has 2 aromatic heterocycles. The molecule has 114 valence electrons. The fourth-order valence-electron chi connectivity index (χ4n) is 2.36. The van der Waals surface area contributed by atoms with Gasteiger partial charge in [0, 0.05) is 11.6 Å². The lowest BCUT2D eigenvalue weighted by Gasteiger charge is -2.02. The molecule has 0 bridgehead atoms. The summed E-state index contributed by atoms with van der Waals surface area (Å²) < 4.78 is 15.6. The van der Waals surface area contributed by atoms with E-state index in [2.05, 4.69) is 10.1 Å². The van der Waals surface area contributed by atoms with Gasteiger partial charge in [0.25, 0.3) is 5.56 Å². The lowest BCUT2D eigenvalue weighted by molar-refractivity contribution is 0.475. The summed E-state index contributed by atoms with van der Waals surface area (Å²) >= 11 is 1.36. The Balaban J connectivity index is 1.87. The van der Waals surface area contributed by atoms with Crippen molar-refractivity contribution < 1.29 is 9.50 Å². The number of aromatic hydroxyl groups is 1. The highest BCUT2D eigenvalue weighted by Crippen LogP contribution is 2.29. The van der Waals surface area contributed by atoms with Gasteiger partial charge < -0.3 is 5.11 Å². The lowest BCUT2D eigenvalue weighted by atomic mass is 10.1. The number of benzene rings is 2. The highest BCUT2D eigenvalue weighted by molar-refractivity contribution is 7.20. The first-order valence-corrected chi connectivity index (χ1v) is 7.60. The van der Waals surface area contributed by atoms with E-state index in [-0.39, 0.29) is 16.9 Å². The molecule has 0 fully saturated rings. The van der Waals surface area contributed by atoms with E-state index in [1.54, 1.807) is 0 Å². The van der Waals surface area contributed by atoms with Crippen molar-refractivity contribution in [3.63, 3.8) is 0 Å². The molecule has 0 unspecified atom stereocenters. The Morgan fingerprint density at radius 2 is 2.00 bits per heavy atom. The molecule has 2 N–H and O–H groups in total. The molecule has 7 heteroatoms. The van der Waals surface area contributed by atoms with Crippen molar-refractivity contribution in [1.29, 1.82) is 0 Å². The maximum absolute atomic E-state index is 13.4. The average Bonchev–Trinajstić information content (AvgIpc) is 3.12. The van der Waals surface area contributed by atoms with E-state index in [0.717, 1.165) is 16.3 Å². The van der Waals surface area contributed by atoms with Crippen LogP contribution in [0.3, 0.4) is 0 Å². The smallest absolute Gasteiger partial charge is 0.273 e. The van der Waals surface area contributed by atoms with Gasteiger partial charge in [0.05, 0.1) is 15.9 Å². The molecular weight excluding hydrogens is 317 g/mol. The molecule has 0 spiro atoms. The highest BCUT2D eigenvalue weighted by Gasteiger charge is 2.14. The fourth-order valence-corrected chi connectivity index (χ4v) is 3.29. The monoisotopic (exact) mass is 327 g/mol. The second-order valence-corrected chi connectivity index (χ2v) is 5.98. The average molecular weight is 327 g/mol. The molecule has 0 aliphatic heterocycles. The standard InChI is InChI=1S/C16H10FN3O2S/c17-9-5-6-13(21)10(7-9)12-8-15(22)20(19-12)16-18-11-3-1-2-4-14(11)23-16/h1-8,19,21H. The SMILES string of the molecule is O=c1cc(-c2cc(F)ccc2O)[nH]n1-c1nc2ccccc2s1. The molecule has 0 aliphatic rings. The van der Waals surface area contributed by atoms with Crippen LogP contribution in [0, 0.1) is 5.82 Å². The van der Waals surface area contributed by atoms with Gasteiger partial charge in [-0.25, -0.2) is 9.37 Å². The van der Waals surface area contributed by atoms with Crippen molar-refractivity contribution >= 4 is 21.6 Å². The number of halogens is 1. The highest BCUT2D eigenvalue weighted by atomic mass is 32.1.